The van der Waals surface area contributed by atoms with Crippen molar-refractivity contribution in [2.75, 3.05) is 5.88 Å². The van der Waals surface area contributed by atoms with Gasteiger partial charge in [0, 0.05) is 6.92 Å². The Morgan fingerprint density at radius 3 is 2.44 bits per heavy atom. The molecule has 0 bridgehead atoms. The highest BCUT2D eigenvalue weighted by atomic mass is 35.5. The van der Waals surface area contributed by atoms with Crippen molar-refractivity contribution in [2.24, 2.45) is 0 Å². The lowest BCUT2D eigenvalue weighted by atomic mass is 9.99. The maximum Gasteiger partial charge on any atom is 0.321 e. The second-order valence-corrected chi connectivity index (χ2v) is 5.92. The van der Waals surface area contributed by atoms with E-state index in [2.05, 4.69) is 0 Å². The van der Waals surface area contributed by atoms with Crippen LogP contribution in [-0.4, -0.2) is 53.6 Å². The van der Waals surface area contributed by atoms with Gasteiger partial charge in [-0.1, -0.05) is 30.3 Å². The number of halogens is 1. The number of aliphatic hydroxyl groups is 1. The van der Waals surface area contributed by atoms with Crippen LogP contribution >= 0.6 is 11.6 Å². The SMILES string of the molecule is CC(=O)OC1C(O)OC(C)C(OC(=O)CCl)C1OCc1ccccc1. The van der Waals surface area contributed by atoms with Crippen LogP contribution in [0.5, 0.6) is 0 Å². The van der Waals surface area contributed by atoms with Gasteiger partial charge in [0.15, 0.2) is 18.5 Å². The van der Waals surface area contributed by atoms with Crippen molar-refractivity contribution in [3.8, 4) is 0 Å². The molecule has 1 aliphatic rings. The molecule has 1 aliphatic heterocycles. The predicted molar refractivity (Wildman–Crippen MR) is 87.7 cm³/mol. The van der Waals surface area contributed by atoms with E-state index in [0.29, 0.717) is 0 Å². The largest absolute Gasteiger partial charge is 0.456 e. The lowest BCUT2D eigenvalue weighted by molar-refractivity contribution is -0.294. The molecule has 0 aliphatic carbocycles. The average Bonchev–Trinajstić information content (AvgIpc) is 2.58. The Hall–Kier alpha value is -1.67. The summed E-state index contributed by atoms with van der Waals surface area (Å²) in [6.45, 7) is 3.01. The van der Waals surface area contributed by atoms with Crippen molar-refractivity contribution in [1.29, 1.82) is 0 Å². The monoisotopic (exact) mass is 372 g/mol. The summed E-state index contributed by atoms with van der Waals surface area (Å²) < 4.78 is 21.6. The van der Waals surface area contributed by atoms with Gasteiger partial charge < -0.3 is 24.1 Å². The number of aliphatic hydroxyl groups excluding tert-OH is 1. The van der Waals surface area contributed by atoms with E-state index in [1.807, 2.05) is 30.3 Å². The van der Waals surface area contributed by atoms with E-state index in [9.17, 15) is 14.7 Å². The van der Waals surface area contributed by atoms with Gasteiger partial charge in [0.2, 0.25) is 0 Å². The summed E-state index contributed by atoms with van der Waals surface area (Å²) in [5.74, 6) is -1.61. The summed E-state index contributed by atoms with van der Waals surface area (Å²) in [5, 5.41) is 10.1. The van der Waals surface area contributed by atoms with Gasteiger partial charge in [-0.2, -0.15) is 0 Å². The Labute approximate surface area is 150 Å². The molecule has 1 aromatic carbocycles. The summed E-state index contributed by atoms with van der Waals surface area (Å²) in [6.07, 6.45) is -5.00. The highest BCUT2D eigenvalue weighted by Crippen LogP contribution is 2.28. The van der Waals surface area contributed by atoms with Crippen LogP contribution in [0.4, 0.5) is 0 Å². The van der Waals surface area contributed by atoms with Crippen molar-refractivity contribution in [3.63, 3.8) is 0 Å². The van der Waals surface area contributed by atoms with Crippen LogP contribution in [0.3, 0.4) is 0 Å². The van der Waals surface area contributed by atoms with Gasteiger partial charge >= 0.3 is 11.9 Å². The van der Waals surface area contributed by atoms with E-state index >= 15 is 0 Å². The number of hydrogen-bond acceptors (Lipinski definition) is 7. The van der Waals surface area contributed by atoms with Crippen molar-refractivity contribution in [2.45, 2.75) is 51.2 Å². The lowest BCUT2D eigenvalue weighted by Gasteiger charge is -2.42. The third-order valence-electron chi connectivity index (χ3n) is 3.71. The molecule has 5 atom stereocenters. The lowest BCUT2D eigenvalue weighted by Crippen LogP contribution is -2.60. The summed E-state index contributed by atoms with van der Waals surface area (Å²) in [6, 6.07) is 9.31. The fourth-order valence-electron chi connectivity index (χ4n) is 2.61. The van der Waals surface area contributed by atoms with Crippen LogP contribution in [0.1, 0.15) is 19.4 Å². The molecule has 1 N–H and O–H groups in total. The minimum Gasteiger partial charge on any atom is -0.456 e. The summed E-state index contributed by atoms with van der Waals surface area (Å²) in [7, 11) is 0. The van der Waals surface area contributed by atoms with Crippen molar-refractivity contribution >= 4 is 23.5 Å². The molecule has 0 radical (unpaired) electrons. The number of carbonyl (C=O) groups is 2. The topological polar surface area (TPSA) is 91.3 Å². The van der Waals surface area contributed by atoms with Crippen LogP contribution in [0.25, 0.3) is 0 Å². The van der Waals surface area contributed by atoms with Crippen LogP contribution in [0, 0.1) is 0 Å². The van der Waals surface area contributed by atoms with Gasteiger partial charge in [-0.25, -0.2) is 0 Å². The highest BCUT2D eigenvalue weighted by molar-refractivity contribution is 6.26. The number of esters is 2. The highest BCUT2D eigenvalue weighted by Gasteiger charge is 2.48. The Kier molecular flexibility index (Phi) is 7.19. The van der Waals surface area contributed by atoms with E-state index in [1.165, 1.54) is 6.92 Å². The zero-order valence-corrected chi connectivity index (χ0v) is 14.7. The first-order valence-corrected chi connectivity index (χ1v) is 8.37. The average molecular weight is 373 g/mol. The fraction of sp³-hybridized carbons (Fsp3) is 0.529. The normalized spacial score (nSPS) is 29.0. The smallest absolute Gasteiger partial charge is 0.321 e. The first-order chi connectivity index (χ1) is 11.9. The molecular formula is C17H21ClO7. The van der Waals surface area contributed by atoms with Crippen LogP contribution in [0.2, 0.25) is 0 Å². The van der Waals surface area contributed by atoms with Gasteiger partial charge in [0.05, 0.1) is 12.7 Å². The van der Waals surface area contributed by atoms with E-state index in [4.69, 9.17) is 30.5 Å². The number of rotatable bonds is 6. The van der Waals surface area contributed by atoms with Crippen molar-refractivity contribution < 1.29 is 33.6 Å². The number of benzene rings is 1. The second-order valence-electron chi connectivity index (χ2n) is 5.66. The molecule has 8 heteroatoms. The van der Waals surface area contributed by atoms with Crippen LogP contribution < -0.4 is 0 Å². The Morgan fingerprint density at radius 1 is 1.16 bits per heavy atom. The van der Waals surface area contributed by atoms with E-state index in [1.54, 1.807) is 6.92 Å². The number of ether oxygens (including phenoxy) is 4. The molecule has 25 heavy (non-hydrogen) atoms. The zero-order chi connectivity index (χ0) is 18.4. The van der Waals surface area contributed by atoms with Gasteiger partial charge in [-0.3, -0.25) is 9.59 Å². The maximum atomic E-state index is 11.6. The quantitative estimate of drug-likeness (QED) is 0.596. The van der Waals surface area contributed by atoms with Crippen molar-refractivity contribution in [1.82, 2.24) is 0 Å². The summed E-state index contributed by atoms with van der Waals surface area (Å²) in [5.41, 5.74) is 0.875. The van der Waals surface area contributed by atoms with Crippen LogP contribution in [0.15, 0.2) is 30.3 Å². The first-order valence-electron chi connectivity index (χ1n) is 7.84. The molecule has 7 nitrogen and oxygen atoms in total. The van der Waals surface area contributed by atoms with Crippen LogP contribution in [-0.2, 0) is 35.1 Å². The molecule has 138 valence electrons. The molecule has 2 rings (SSSR count). The first kappa shape index (κ1) is 19.7. The molecule has 1 aromatic rings. The standard InChI is InChI=1S/C17H21ClO7/c1-10-14(25-13(20)8-18)15(16(17(21)23-10)24-11(2)19)22-9-12-6-4-3-5-7-12/h3-7,10,14-17,21H,8-9H2,1-2H3. The minimum atomic E-state index is -1.40. The van der Waals surface area contributed by atoms with Gasteiger partial charge in [0.25, 0.3) is 0 Å². The Bertz CT molecular complexity index is 580. The molecule has 1 saturated heterocycles. The zero-order valence-electron chi connectivity index (χ0n) is 14.0. The number of hydrogen-bond donors (Lipinski definition) is 1. The van der Waals surface area contributed by atoms with Gasteiger partial charge in [0.1, 0.15) is 12.0 Å². The molecule has 1 fully saturated rings. The molecule has 0 amide bonds. The molecule has 5 unspecified atom stereocenters. The predicted octanol–water partition coefficient (Wildman–Crippen LogP) is 1.39. The summed E-state index contributed by atoms with van der Waals surface area (Å²) in [4.78, 5) is 23.0. The van der Waals surface area contributed by atoms with E-state index < -0.39 is 42.6 Å². The minimum absolute atomic E-state index is 0.178. The molecule has 0 spiro atoms. The van der Waals surface area contributed by atoms with Gasteiger partial charge in [-0.05, 0) is 12.5 Å². The second kappa shape index (κ2) is 9.15. The fourth-order valence-corrected chi connectivity index (χ4v) is 2.67. The molecule has 0 aromatic heterocycles. The number of alkyl halides is 1. The van der Waals surface area contributed by atoms with E-state index in [-0.39, 0.29) is 12.5 Å². The van der Waals surface area contributed by atoms with Crippen molar-refractivity contribution in [3.05, 3.63) is 35.9 Å². The summed E-state index contributed by atoms with van der Waals surface area (Å²) >= 11 is 5.50. The van der Waals surface area contributed by atoms with E-state index in [0.717, 1.165) is 5.56 Å². The molecule has 1 heterocycles. The third-order valence-corrected chi connectivity index (χ3v) is 3.93. The van der Waals surface area contributed by atoms with Gasteiger partial charge in [-0.15, -0.1) is 11.6 Å². The molecule has 0 saturated carbocycles. The number of carbonyl (C=O) groups excluding carboxylic acids is 2. The Balaban J connectivity index is 2.20. The Morgan fingerprint density at radius 2 is 1.84 bits per heavy atom. The maximum absolute atomic E-state index is 11.6. The molecular weight excluding hydrogens is 352 g/mol. The third kappa shape index (κ3) is 5.40.